The average Bonchev–Trinajstić information content (AvgIpc) is 2.91. The van der Waals surface area contributed by atoms with E-state index in [2.05, 4.69) is 0 Å². The van der Waals surface area contributed by atoms with Crippen LogP contribution in [0.25, 0.3) is 0 Å². The number of hydrogen-bond acceptors (Lipinski definition) is 0. The van der Waals surface area contributed by atoms with Crippen molar-refractivity contribution in [2.45, 2.75) is 38.5 Å². The molecule has 14 heavy (non-hydrogen) atoms. The molecule has 0 bridgehead atoms. The molecule has 1 aromatic rings. The van der Waals surface area contributed by atoms with Crippen LogP contribution in [0.1, 0.15) is 49.7 Å². The summed E-state index contributed by atoms with van der Waals surface area (Å²) in [5.74, 6) is 0.578. The van der Waals surface area contributed by atoms with Crippen molar-refractivity contribution in [3.05, 3.63) is 34.1 Å². The predicted molar refractivity (Wildman–Crippen MR) is 57.5 cm³/mol. The fraction of sp³-hybridized carbons (Fsp3) is 0.500. The van der Waals surface area contributed by atoms with Gasteiger partial charge in [0.05, 0.1) is 5.02 Å². The maximum absolute atomic E-state index is 13.8. The zero-order chi connectivity index (χ0) is 10.3. The van der Waals surface area contributed by atoms with Crippen molar-refractivity contribution in [2.75, 3.05) is 0 Å². The molecule has 2 rings (SSSR count). The SMILES string of the molecule is CC(C)c1c(C2CC2)ccc(Cl)c1F. The molecule has 0 unspecified atom stereocenters. The number of halogens is 2. The molecule has 1 aromatic carbocycles. The Morgan fingerprint density at radius 3 is 2.50 bits per heavy atom. The fourth-order valence-corrected chi connectivity index (χ4v) is 2.08. The van der Waals surface area contributed by atoms with Crippen molar-refractivity contribution in [1.82, 2.24) is 0 Å². The Kier molecular flexibility index (Phi) is 2.52. The molecule has 0 amide bonds. The second-order valence-electron chi connectivity index (χ2n) is 4.29. The molecule has 0 radical (unpaired) electrons. The van der Waals surface area contributed by atoms with Gasteiger partial charge in [-0.25, -0.2) is 4.39 Å². The summed E-state index contributed by atoms with van der Waals surface area (Å²) in [6.07, 6.45) is 2.39. The maximum Gasteiger partial charge on any atom is 0.145 e. The normalized spacial score (nSPS) is 16.4. The zero-order valence-corrected chi connectivity index (χ0v) is 9.24. The first kappa shape index (κ1) is 9.97. The average molecular weight is 213 g/mol. The van der Waals surface area contributed by atoms with Gasteiger partial charge in [0.25, 0.3) is 0 Å². The van der Waals surface area contributed by atoms with Crippen molar-refractivity contribution in [3.63, 3.8) is 0 Å². The largest absolute Gasteiger partial charge is 0.205 e. The molecule has 0 atom stereocenters. The van der Waals surface area contributed by atoms with Gasteiger partial charge < -0.3 is 0 Å². The van der Waals surface area contributed by atoms with Crippen molar-refractivity contribution in [1.29, 1.82) is 0 Å². The summed E-state index contributed by atoms with van der Waals surface area (Å²) in [6, 6.07) is 3.66. The number of benzene rings is 1. The molecule has 0 aromatic heterocycles. The Balaban J connectivity index is 2.53. The first-order valence-corrected chi connectivity index (χ1v) is 5.47. The lowest BCUT2D eigenvalue weighted by atomic mass is 9.94. The molecular weight excluding hydrogens is 199 g/mol. The molecule has 0 spiro atoms. The third-order valence-electron chi connectivity index (χ3n) is 2.76. The highest BCUT2D eigenvalue weighted by molar-refractivity contribution is 6.30. The lowest BCUT2D eigenvalue weighted by Crippen LogP contribution is -2.00. The van der Waals surface area contributed by atoms with E-state index in [1.54, 1.807) is 6.07 Å². The topological polar surface area (TPSA) is 0 Å². The summed E-state index contributed by atoms with van der Waals surface area (Å²) in [7, 11) is 0. The zero-order valence-electron chi connectivity index (χ0n) is 8.48. The second-order valence-corrected chi connectivity index (χ2v) is 4.70. The van der Waals surface area contributed by atoms with E-state index >= 15 is 0 Å². The predicted octanol–water partition coefficient (Wildman–Crippen LogP) is 4.48. The molecule has 0 nitrogen and oxygen atoms in total. The third kappa shape index (κ3) is 1.66. The number of hydrogen-bond donors (Lipinski definition) is 0. The van der Waals surface area contributed by atoms with Crippen LogP contribution in [0.2, 0.25) is 5.02 Å². The highest BCUT2D eigenvalue weighted by Gasteiger charge is 2.28. The van der Waals surface area contributed by atoms with Crippen molar-refractivity contribution in [2.24, 2.45) is 0 Å². The summed E-state index contributed by atoms with van der Waals surface area (Å²) in [5, 5.41) is 0.248. The molecular formula is C12H14ClF. The molecule has 1 fully saturated rings. The van der Waals surface area contributed by atoms with E-state index in [-0.39, 0.29) is 16.8 Å². The summed E-state index contributed by atoms with van der Waals surface area (Å²) >= 11 is 5.78. The van der Waals surface area contributed by atoms with E-state index in [1.165, 1.54) is 18.4 Å². The molecule has 0 saturated heterocycles. The van der Waals surface area contributed by atoms with Gasteiger partial charge in [-0.1, -0.05) is 31.5 Å². The van der Waals surface area contributed by atoms with E-state index in [9.17, 15) is 4.39 Å². The molecule has 1 saturated carbocycles. The fourth-order valence-electron chi connectivity index (χ4n) is 1.92. The van der Waals surface area contributed by atoms with Crippen LogP contribution in [0.15, 0.2) is 12.1 Å². The summed E-state index contributed by atoms with van der Waals surface area (Å²) in [4.78, 5) is 0. The highest BCUT2D eigenvalue weighted by atomic mass is 35.5. The van der Waals surface area contributed by atoms with E-state index in [0.29, 0.717) is 5.92 Å². The molecule has 0 N–H and O–H groups in total. The van der Waals surface area contributed by atoms with Gasteiger partial charge in [0.1, 0.15) is 5.82 Å². The minimum Gasteiger partial charge on any atom is -0.205 e. The number of rotatable bonds is 2. The van der Waals surface area contributed by atoms with Crippen LogP contribution in [0, 0.1) is 5.82 Å². The molecule has 1 aliphatic carbocycles. The van der Waals surface area contributed by atoms with Gasteiger partial charge in [0.2, 0.25) is 0 Å². The van der Waals surface area contributed by atoms with Gasteiger partial charge in [-0.05, 0) is 41.9 Å². The molecule has 1 aliphatic rings. The summed E-state index contributed by atoms with van der Waals surface area (Å²) in [5.41, 5.74) is 1.99. The lowest BCUT2D eigenvalue weighted by Gasteiger charge is -2.14. The van der Waals surface area contributed by atoms with Crippen LogP contribution in [0.3, 0.4) is 0 Å². The minimum absolute atomic E-state index is 0.212. The van der Waals surface area contributed by atoms with E-state index in [0.717, 1.165) is 5.56 Å². The van der Waals surface area contributed by atoms with Crippen LogP contribution in [0.5, 0.6) is 0 Å². The first-order valence-electron chi connectivity index (χ1n) is 5.09. The van der Waals surface area contributed by atoms with Crippen molar-refractivity contribution < 1.29 is 4.39 Å². The highest BCUT2D eigenvalue weighted by Crippen LogP contribution is 2.44. The van der Waals surface area contributed by atoms with E-state index in [1.807, 2.05) is 19.9 Å². The second kappa shape index (κ2) is 3.54. The Morgan fingerprint density at radius 2 is 2.00 bits per heavy atom. The Morgan fingerprint density at radius 1 is 1.36 bits per heavy atom. The Labute approximate surface area is 89.1 Å². The lowest BCUT2D eigenvalue weighted by molar-refractivity contribution is 0.594. The van der Waals surface area contributed by atoms with Gasteiger partial charge in [0, 0.05) is 0 Å². The molecule has 0 aliphatic heterocycles. The van der Waals surface area contributed by atoms with Crippen LogP contribution >= 0.6 is 11.6 Å². The molecule has 0 heterocycles. The van der Waals surface area contributed by atoms with Crippen LogP contribution in [-0.4, -0.2) is 0 Å². The first-order chi connectivity index (χ1) is 6.61. The van der Waals surface area contributed by atoms with Crippen LogP contribution < -0.4 is 0 Å². The Hall–Kier alpha value is -0.560. The smallest absolute Gasteiger partial charge is 0.145 e. The standard InChI is InChI=1S/C12H14ClF/c1-7(2)11-9(8-3-4-8)5-6-10(13)12(11)14/h5-8H,3-4H2,1-2H3. The van der Waals surface area contributed by atoms with Crippen LogP contribution in [0.4, 0.5) is 4.39 Å². The van der Waals surface area contributed by atoms with Gasteiger partial charge in [-0.3, -0.25) is 0 Å². The van der Waals surface area contributed by atoms with Crippen molar-refractivity contribution >= 4 is 11.6 Å². The van der Waals surface area contributed by atoms with E-state index in [4.69, 9.17) is 11.6 Å². The van der Waals surface area contributed by atoms with Crippen molar-refractivity contribution in [3.8, 4) is 0 Å². The van der Waals surface area contributed by atoms with Gasteiger partial charge >= 0.3 is 0 Å². The summed E-state index contributed by atoms with van der Waals surface area (Å²) in [6.45, 7) is 4.03. The Bertz CT molecular complexity index is 354. The van der Waals surface area contributed by atoms with Crippen LogP contribution in [-0.2, 0) is 0 Å². The van der Waals surface area contributed by atoms with E-state index < -0.39 is 0 Å². The van der Waals surface area contributed by atoms with Gasteiger partial charge in [-0.2, -0.15) is 0 Å². The minimum atomic E-state index is -0.217. The quantitative estimate of drug-likeness (QED) is 0.678. The monoisotopic (exact) mass is 212 g/mol. The van der Waals surface area contributed by atoms with Gasteiger partial charge in [0.15, 0.2) is 0 Å². The molecule has 76 valence electrons. The maximum atomic E-state index is 13.8. The summed E-state index contributed by atoms with van der Waals surface area (Å²) < 4.78 is 13.8. The van der Waals surface area contributed by atoms with Gasteiger partial charge in [-0.15, -0.1) is 0 Å². The molecule has 2 heteroatoms. The third-order valence-corrected chi connectivity index (χ3v) is 3.05.